The number of para-hydroxylation sites is 3. The standard InChI is InChI=1S/C49H36N2O/c1-49(2)43-17-9-11-19-47(43)52-48-32-40(27-28-44(48)49)50(39-26-22-33-12-6-7-13-35(33)30-39)38-24-20-34(21-25-38)36-23-29-46-42(31-36)41-16-8-10-18-45(41)51(46)37-14-4-3-5-15-37/h3-32H,1-2H3. The average Bonchev–Trinajstić information content (AvgIpc) is 3.52. The summed E-state index contributed by atoms with van der Waals surface area (Å²) in [5.74, 6) is 1.81. The fourth-order valence-electron chi connectivity index (χ4n) is 8.16. The third-order valence-corrected chi connectivity index (χ3v) is 10.8. The Morgan fingerprint density at radius 2 is 1.08 bits per heavy atom. The van der Waals surface area contributed by atoms with E-state index in [0.717, 1.165) is 28.6 Å². The van der Waals surface area contributed by atoms with Gasteiger partial charge in [-0.3, -0.25) is 0 Å². The second-order valence-electron chi connectivity index (χ2n) is 14.2. The SMILES string of the molecule is CC1(C)c2ccccc2Oc2cc(N(c3ccc(-c4ccc5c(c4)c4ccccc4n5-c4ccccc4)cc3)c3ccc4ccccc4c3)ccc21. The van der Waals surface area contributed by atoms with E-state index in [9.17, 15) is 0 Å². The Hall–Kier alpha value is -6.58. The first-order valence-corrected chi connectivity index (χ1v) is 17.9. The summed E-state index contributed by atoms with van der Waals surface area (Å²) in [6.45, 7) is 4.56. The number of nitrogens with zero attached hydrogens (tertiary/aromatic N) is 2. The van der Waals surface area contributed by atoms with E-state index in [1.807, 2.05) is 6.07 Å². The minimum atomic E-state index is -0.174. The van der Waals surface area contributed by atoms with Gasteiger partial charge in [0.15, 0.2) is 0 Å². The van der Waals surface area contributed by atoms with Crippen molar-refractivity contribution in [2.75, 3.05) is 4.90 Å². The lowest BCUT2D eigenvalue weighted by Crippen LogP contribution is -2.24. The highest BCUT2D eigenvalue weighted by molar-refractivity contribution is 6.10. The molecule has 0 unspecified atom stereocenters. The van der Waals surface area contributed by atoms with E-state index < -0.39 is 0 Å². The molecule has 0 fully saturated rings. The lowest BCUT2D eigenvalue weighted by atomic mass is 9.76. The first-order chi connectivity index (χ1) is 25.5. The van der Waals surface area contributed by atoms with Crippen molar-refractivity contribution >= 4 is 49.6 Å². The number of anilines is 3. The monoisotopic (exact) mass is 668 g/mol. The van der Waals surface area contributed by atoms with E-state index in [4.69, 9.17) is 4.74 Å². The zero-order chi connectivity index (χ0) is 34.8. The van der Waals surface area contributed by atoms with Crippen LogP contribution in [-0.4, -0.2) is 4.57 Å². The van der Waals surface area contributed by atoms with Crippen molar-refractivity contribution in [3.05, 3.63) is 193 Å². The van der Waals surface area contributed by atoms with Crippen molar-refractivity contribution in [2.24, 2.45) is 0 Å². The molecule has 248 valence electrons. The van der Waals surface area contributed by atoms with E-state index in [0.29, 0.717) is 0 Å². The van der Waals surface area contributed by atoms with Crippen LogP contribution in [0.25, 0.3) is 49.4 Å². The summed E-state index contributed by atoms with van der Waals surface area (Å²) in [4.78, 5) is 2.34. The van der Waals surface area contributed by atoms with Crippen LogP contribution in [0.1, 0.15) is 25.0 Å². The molecule has 0 bridgehead atoms. The van der Waals surface area contributed by atoms with Gasteiger partial charge in [0.2, 0.25) is 0 Å². The molecule has 3 heteroatoms. The second kappa shape index (κ2) is 11.8. The second-order valence-corrected chi connectivity index (χ2v) is 14.2. The van der Waals surface area contributed by atoms with Crippen LogP contribution < -0.4 is 9.64 Å². The molecule has 0 radical (unpaired) electrons. The molecule has 1 aliphatic heterocycles. The van der Waals surface area contributed by atoms with Crippen LogP contribution in [0.4, 0.5) is 17.1 Å². The van der Waals surface area contributed by atoms with E-state index in [1.165, 1.54) is 60.5 Å². The maximum atomic E-state index is 6.59. The van der Waals surface area contributed by atoms with Crippen LogP contribution in [-0.2, 0) is 5.41 Å². The highest BCUT2D eigenvalue weighted by Gasteiger charge is 2.34. The Labute approximate surface area is 303 Å². The molecule has 1 aromatic heterocycles. The van der Waals surface area contributed by atoms with Crippen LogP contribution in [0.2, 0.25) is 0 Å². The summed E-state index contributed by atoms with van der Waals surface area (Å²) in [6.07, 6.45) is 0. The van der Waals surface area contributed by atoms with Crippen LogP contribution in [0.5, 0.6) is 11.5 Å². The van der Waals surface area contributed by atoms with Crippen LogP contribution in [0.15, 0.2) is 182 Å². The number of hydrogen-bond acceptors (Lipinski definition) is 2. The van der Waals surface area contributed by atoms with E-state index in [1.54, 1.807) is 0 Å². The number of benzene rings is 8. The maximum absolute atomic E-state index is 6.59. The summed E-state index contributed by atoms with van der Waals surface area (Å²) >= 11 is 0. The summed E-state index contributed by atoms with van der Waals surface area (Å²) in [7, 11) is 0. The van der Waals surface area contributed by atoms with Crippen LogP contribution >= 0.6 is 0 Å². The van der Waals surface area contributed by atoms with Gasteiger partial charge in [0.1, 0.15) is 11.5 Å². The number of hydrogen-bond donors (Lipinski definition) is 0. The first kappa shape index (κ1) is 30.3. The number of aromatic nitrogens is 1. The normalized spacial score (nSPS) is 13.1. The van der Waals surface area contributed by atoms with Crippen molar-refractivity contribution in [2.45, 2.75) is 19.3 Å². The molecule has 52 heavy (non-hydrogen) atoms. The van der Waals surface area contributed by atoms with Gasteiger partial charge in [-0.25, -0.2) is 0 Å². The van der Waals surface area contributed by atoms with Crippen molar-refractivity contribution in [1.82, 2.24) is 4.57 Å². The summed E-state index contributed by atoms with van der Waals surface area (Å²) in [6, 6.07) is 65.4. The van der Waals surface area contributed by atoms with E-state index in [2.05, 4.69) is 199 Å². The molecule has 1 aliphatic rings. The van der Waals surface area contributed by atoms with Crippen molar-refractivity contribution in [3.63, 3.8) is 0 Å². The topological polar surface area (TPSA) is 17.4 Å². The number of fused-ring (bicyclic) bond motifs is 6. The molecular weight excluding hydrogens is 633 g/mol. The molecule has 0 saturated carbocycles. The fourth-order valence-corrected chi connectivity index (χ4v) is 8.16. The Kier molecular flexibility index (Phi) is 6.84. The van der Waals surface area contributed by atoms with Gasteiger partial charge in [0.25, 0.3) is 0 Å². The van der Waals surface area contributed by atoms with Gasteiger partial charge in [0, 0.05) is 56.1 Å². The minimum Gasteiger partial charge on any atom is -0.457 e. The summed E-state index contributed by atoms with van der Waals surface area (Å²) in [5, 5.41) is 4.92. The highest BCUT2D eigenvalue weighted by Crippen LogP contribution is 2.50. The Morgan fingerprint density at radius 1 is 0.442 bits per heavy atom. The highest BCUT2D eigenvalue weighted by atomic mass is 16.5. The molecule has 3 nitrogen and oxygen atoms in total. The van der Waals surface area contributed by atoms with Crippen molar-refractivity contribution < 1.29 is 4.74 Å². The Bertz CT molecular complexity index is 2790. The molecule has 0 saturated heterocycles. The van der Waals surface area contributed by atoms with Gasteiger partial charge in [-0.05, 0) is 88.6 Å². The lowest BCUT2D eigenvalue weighted by Gasteiger charge is -2.35. The molecule has 0 atom stereocenters. The molecule has 0 N–H and O–H groups in total. The molecule has 0 spiro atoms. The third-order valence-electron chi connectivity index (χ3n) is 10.8. The average molecular weight is 669 g/mol. The lowest BCUT2D eigenvalue weighted by molar-refractivity contribution is 0.418. The van der Waals surface area contributed by atoms with Gasteiger partial charge in [0.05, 0.1) is 11.0 Å². The van der Waals surface area contributed by atoms with E-state index in [-0.39, 0.29) is 5.41 Å². The van der Waals surface area contributed by atoms with Gasteiger partial charge in [-0.1, -0.05) is 123 Å². The summed E-state index contributed by atoms with van der Waals surface area (Å²) < 4.78 is 8.95. The van der Waals surface area contributed by atoms with Gasteiger partial charge in [-0.15, -0.1) is 0 Å². The Balaban J connectivity index is 1.08. The summed E-state index contributed by atoms with van der Waals surface area (Å²) in [5.41, 5.74) is 11.4. The van der Waals surface area contributed by atoms with Crippen LogP contribution in [0, 0.1) is 0 Å². The molecule has 0 amide bonds. The zero-order valence-corrected chi connectivity index (χ0v) is 29.1. The molecule has 9 aromatic rings. The zero-order valence-electron chi connectivity index (χ0n) is 29.1. The number of ether oxygens (including phenoxy) is 1. The molecule has 0 aliphatic carbocycles. The van der Waals surface area contributed by atoms with Gasteiger partial charge in [-0.2, -0.15) is 0 Å². The third kappa shape index (κ3) is 4.81. The smallest absolute Gasteiger partial charge is 0.133 e. The molecule has 10 rings (SSSR count). The first-order valence-electron chi connectivity index (χ1n) is 17.9. The fraction of sp³-hybridized carbons (Fsp3) is 0.0612. The van der Waals surface area contributed by atoms with Crippen LogP contribution in [0.3, 0.4) is 0 Å². The Morgan fingerprint density at radius 3 is 1.94 bits per heavy atom. The molecule has 2 heterocycles. The molecular formula is C49H36N2O. The minimum absolute atomic E-state index is 0.174. The van der Waals surface area contributed by atoms with Gasteiger partial charge >= 0.3 is 0 Å². The maximum Gasteiger partial charge on any atom is 0.133 e. The number of rotatable bonds is 5. The van der Waals surface area contributed by atoms with Crippen molar-refractivity contribution in [1.29, 1.82) is 0 Å². The largest absolute Gasteiger partial charge is 0.457 e. The van der Waals surface area contributed by atoms with E-state index >= 15 is 0 Å². The predicted octanol–water partition coefficient (Wildman–Crippen LogP) is 13.5. The molecule has 8 aromatic carbocycles. The quantitative estimate of drug-likeness (QED) is 0.182. The van der Waals surface area contributed by atoms with Gasteiger partial charge < -0.3 is 14.2 Å². The van der Waals surface area contributed by atoms with Crippen molar-refractivity contribution in [3.8, 4) is 28.3 Å². The predicted molar refractivity (Wildman–Crippen MR) is 217 cm³/mol.